The largest absolute Gasteiger partial charge is 0.483 e. The summed E-state index contributed by atoms with van der Waals surface area (Å²) in [6.07, 6.45) is 2.58. The van der Waals surface area contributed by atoms with E-state index < -0.39 is 5.97 Å². The summed E-state index contributed by atoms with van der Waals surface area (Å²) in [7, 11) is 0. The van der Waals surface area contributed by atoms with E-state index in [0.717, 1.165) is 12.0 Å². The summed E-state index contributed by atoms with van der Waals surface area (Å²) < 4.78 is 10.8. The minimum atomic E-state index is -0.424. The van der Waals surface area contributed by atoms with Gasteiger partial charge in [0.25, 0.3) is 11.8 Å². The lowest BCUT2D eigenvalue weighted by Crippen LogP contribution is -2.21. The Kier molecular flexibility index (Phi) is 8.33. The van der Waals surface area contributed by atoms with Gasteiger partial charge in [0, 0.05) is 11.3 Å². The van der Waals surface area contributed by atoms with Crippen molar-refractivity contribution >= 4 is 40.9 Å². The molecule has 0 aliphatic carbocycles. The smallest absolute Gasteiger partial charge is 0.338 e. The molecule has 0 radical (unpaired) electrons. The second-order valence-corrected chi connectivity index (χ2v) is 8.56. The molecular formula is C30H29N3O5. The molecule has 0 unspecified atom stereocenters. The molecule has 1 aliphatic heterocycles. The Labute approximate surface area is 221 Å². The van der Waals surface area contributed by atoms with Crippen LogP contribution >= 0.6 is 0 Å². The number of carbonyl (C=O) groups is 3. The van der Waals surface area contributed by atoms with Crippen LogP contribution in [0.15, 0.2) is 83.5 Å². The van der Waals surface area contributed by atoms with Gasteiger partial charge < -0.3 is 14.8 Å². The maximum atomic E-state index is 13.2. The molecule has 0 bridgehead atoms. The summed E-state index contributed by atoms with van der Waals surface area (Å²) in [5, 5.41) is 8.54. The lowest BCUT2D eigenvalue weighted by Gasteiger charge is -2.13. The van der Waals surface area contributed by atoms with Crippen molar-refractivity contribution in [3.8, 4) is 5.75 Å². The lowest BCUT2D eigenvalue weighted by atomic mass is 10.1. The van der Waals surface area contributed by atoms with Crippen molar-refractivity contribution in [1.82, 2.24) is 0 Å². The fraction of sp³-hybridized carbons (Fsp3) is 0.200. The van der Waals surface area contributed by atoms with Crippen molar-refractivity contribution in [2.45, 2.75) is 27.2 Å². The van der Waals surface area contributed by atoms with Crippen LogP contribution in [0.2, 0.25) is 0 Å². The van der Waals surface area contributed by atoms with Crippen LogP contribution in [0.25, 0.3) is 6.08 Å². The Balaban J connectivity index is 1.46. The highest BCUT2D eigenvalue weighted by Gasteiger charge is 2.29. The number of hydrazone groups is 1. The lowest BCUT2D eigenvalue weighted by molar-refractivity contribution is -0.118. The molecule has 0 saturated heterocycles. The molecule has 1 heterocycles. The third-order valence-electron chi connectivity index (χ3n) is 5.88. The predicted molar refractivity (Wildman–Crippen MR) is 147 cm³/mol. The Morgan fingerprint density at radius 1 is 1.00 bits per heavy atom. The zero-order chi connectivity index (χ0) is 27.1. The molecule has 3 aromatic carbocycles. The fourth-order valence-electron chi connectivity index (χ4n) is 3.91. The van der Waals surface area contributed by atoms with Gasteiger partial charge in [-0.1, -0.05) is 37.3 Å². The van der Waals surface area contributed by atoms with E-state index in [1.54, 1.807) is 56.3 Å². The van der Waals surface area contributed by atoms with E-state index >= 15 is 0 Å². The molecule has 4 rings (SSSR count). The van der Waals surface area contributed by atoms with Crippen LogP contribution in [0.4, 0.5) is 11.4 Å². The van der Waals surface area contributed by atoms with E-state index in [-0.39, 0.29) is 25.0 Å². The third kappa shape index (κ3) is 6.15. The number of ether oxygens (including phenoxy) is 2. The standard InChI is InChI=1S/C30H29N3O5/c1-4-21-9-8-11-24(17-21)31-28(34)19-38-27-12-7-6-10-23(27)18-26-20(3)32-33(29(26)35)25-15-13-22(14-16-25)30(36)37-5-2/h6-18H,4-5,19H2,1-3H3,(H,31,34). The van der Waals surface area contributed by atoms with E-state index in [4.69, 9.17) is 9.47 Å². The first-order chi connectivity index (χ1) is 18.4. The van der Waals surface area contributed by atoms with Crippen molar-refractivity contribution in [2.24, 2.45) is 5.10 Å². The minimum absolute atomic E-state index is 0.184. The number of esters is 1. The van der Waals surface area contributed by atoms with E-state index in [1.807, 2.05) is 36.4 Å². The zero-order valence-electron chi connectivity index (χ0n) is 21.6. The average molecular weight is 512 g/mol. The average Bonchev–Trinajstić information content (AvgIpc) is 3.21. The van der Waals surface area contributed by atoms with Gasteiger partial charge in [-0.15, -0.1) is 0 Å². The van der Waals surface area contributed by atoms with E-state index in [2.05, 4.69) is 17.3 Å². The fourth-order valence-corrected chi connectivity index (χ4v) is 3.91. The molecular weight excluding hydrogens is 482 g/mol. The van der Waals surface area contributed by atoms with Crippen LogP contribution in [0.5, 0.6) is 5.75 Å². The number of benzene rings is 3. The number of nitrogens with one attached hydrogen (secondary N) is 1. The monoisotopic (exact) mass is 511 g/mol. The van der Waals surface area contributed by atoms with Crippen LogP contribution in [-0.4, -0.2) is 36.7 Å². The second-order valence-electron chi connectivity index (χ2n) is 8.56. The molecule has 1 N–H and O–H groups in total. The molecule has 0 saturated carbocycles. The first kappa shape index (κ1) is 26.3. The molecule has 3 aromatic rings. The molecule has 8 nitrogen and oxygen atoms in total. The Hall–Kier alpha value is -4.72. The highest BCUT2D eigenvalue weighted by atomic mass is 16.5. The van der Waals surface area contributed by atoms with Crippen LogP contribution in [0, 0.1) is 0 Å². The molecule has 0 aromatic heterocycles. The predicted octanol–water partition coefficient (Wildman–Crippen LogP) is 5.25. The first-order valence-electron chi connectivity index (χ1n) is 12.4. The SMILES string of the molecule is CCOC(=O)c1ccc(N2N=C(C)C(=Cc3ccccc3OCC(=O)Nc3cccc(CC)c3)C2=O)cc1. The van der Waals surface area contributed by atoms with Gasteiger partial charge in [0.1, 0.15) is 5.75 Å². The molecule has 0 atom stereocenters. The van der Waals surface area contributed by atoms with Gasteiger partial charge in [0.05, 0.1) is 29.1 Å². The molecule has 1 aliphatic rings. The summed E-state index contributed by atoms with van der Waals surface area (Å²) in [6.45, 7) is 5.64. The molecule has 0 fully saturated rings. The van der Waals surface area contributed by atoms with Crippen molar-refractivity contribution in [1.29, 1.82) is 0 Å². The number of nitrogens with zero attached hydrogens (tertiary/aromatic N) is 2. The van der Waals surface area contributed by atoms with Crippen molar-refractivity contribution in [3.63, 3.8) is 0 Å². The van der Waals surface area contributed by atoms with E-state index in [1.165, 1.54) is 5.01 Å². The highest BCUT2D eigenvalue weighted by molar-refractivity contribution is 6.32. The van der Waals surface area contributed by atoms with Crippen LogP contribution in [0.1, 0.15) is 42.3 Å². The number of rotatable bonds is 9. The number of amides is 2. The van der Waals surface area contributed by atoms with Gasteiger partial charge in [0.15, 0.2) is 6.61 Å². The summed E-state index contributed by atoms with van der Waals surface area (Å²) in [5.41, 5.74) is 4.34. The van der Waals surface area contributed by atoms with Crippen LogP contribution in [-0.2, 0) is 20.7 Å². The Morgan fingerprint density at radius 2 is 1.76 bits per heavy atom. The van der Waals surface area contributed by atoms with Gasteiger partial charge in [-0.3, -0.25) is 9.59 Å². The number of aryl methyl sites for hydroxylation is 1. The van der Waals surface area contributed by atoms with Gasteiger partial charge in [-0.25, -0.2) is 4.79 Å². The summed E-state index contributed by atoms with van der Waals surface area (Å²) in [6, 6.07) is 21.3. The number of para-hydroxylation sites is 1. The quantitative estimate of drug-likeness (QED) is 0.313. The van der Waals surface area contributed by atoms with Gasteiger partial charge in [0.2, 0.25) is 0 Å². The van der Waals surface area contributed by atoms with E-state index in [0.29, 0.717) is 39.5 Å². The van der Waals surface area contributed by atoms with Crippen LogP contribution < -0.4 is 15.1 Å². The first-order valence-corrected chi connectivity index (χ1v) is 12.4. The number of hydrogen-bond donors (Lipinski definition) is 1. The van der Waals surface area contributed by atoms with Gasteiger partial charge in [-0.05, 0) is 74.4 Å². The maximum absolute atomic E-state index is 13.2. The number of hydrogen-bond acceptors (Lipinski definition) is 6. The second kappa shape index (κ2) is 12.0. The molecule has 38 heavy (non-hydrogen) atoms. The van der Waals surface area contributed by atoms with Gasteiger partial charge >= 0.3 is 5.97 Å². The summed E-state index contributed by atoms with van der Waals surface area (Å²) >= 11 is 0. The highest BCUT2D eigenvalue weighted by Crippen LogP contribution is 2.28. The Bertz CT molecular complexity index is 1410. The van der Waals surface area contributed by atoms with Crippen molar-refractivity contribution in [2.75, 3.05) is 23.5 Å². The summed E-state index contributed by atoms with van der Waals surface area (Å²) in [5.74, 6) is -0.551. The van der Waals surface area contributed by atoms with Crippen molar-refractivity contribution in [3.05, 3.63) is 95.1 Å². The Morgan fingerprint density at radius 3 is 2.50 bits per heavy atom. The van der Waals surface area contributed by atoms with Crippen molar-refractivity contribution < 1.29 is 23.9 Å². The number of anilines is 2. The maximum Gasteiger partial charge on any atom is 0.338 e. The van der Waals surface area contributed by atoms with Crippen LogP contribution in [0.3, 0.4) is 0 Å². The minimum Gasteiger partial charge on any atom is -0.483 e. The molecule has 2 amide bonds. The molecule has 8 heteroatoms. The number of carbonyl (C=O) groups excluding carboxylic acids is 3. The van der Waals surface area contributed by atoms with E-state index in [9.17, 15) is 14.4 Å². The topological polar surface area (TPSA) is 97.3 Å². The zero-order valence-corrected chi connectivity index (χ0v) is 21.6. The normalized spacial score (nSPS) is 13.9. The summed E-state index contributed by atoms with van der Waals surface area (Å²) in [4.78, 5) is 37.6. The third-order valence-corrected chi connectivity index (χ3v) is 5.88. The molecule has 0 spiro atoms. The van der Waals surface area contributed by atoms with Gasteiger partial charge in [-0.2, -0.15) is 10.1 Å². The molecule has 194 valence electrons.